The van der Waals surface area contributed by atoms with Crippen LogP contribution in [0.15, 0.2) is 24.5 Å². The Morgan fingerprint density at radius 3 is 2.71 bits per heavy atom. The Hall–Kier alpha value is -2.91. The number of anilines is 2. The Balaban J connectivity index is 1.29. The summed E-state index contributed by atoms with van der Waals surface area (Å²) >= 11 is 0. The van der Waals surface area contributed by atoms with Gasteiger partial charge < -0.3 is 9.80 Å². The molecule has 0 saturated carbocycles. The van der Waals surface area contributed by atoms with Gasteiger partial charge in [0.1, 0.15) is 17.0 Å². The molecule has 5 rings (SSSR count). The van der Waals surface area contributed by atoms with E-state index in [0.717, 1.165) is 55.7 Å². The van der Waals surface area contributed by atoms with Crippen LogP contribution in [0.5, 0.6) is 0 Å². The quantitative estimate of drug-likeness (QED) is 0.727. The highest BCUT2D eigenvalue weighted by Gasteiger charge is 2.48. The summed E-state index contributed by atoms with van der Waals surface area (Å²) in [6.45, 7) is 5.01. The monoisotopic (exact) mass is 389 g/mol. The number of aromatic amines is 1. The maximum atomic E-state index is 12.9. The van der Waals surface area contributed by atoms with E-state index in [9.17, 15) is 13.2 Å². The molecular weight excluding hydrogens is 371 g/mol. The number of nitrogens with zero attached hydrogens (tertiary/aromatic N) is 6. The SMILES string of the molecule is Cc1[nH]nc2nc(N3CCC4(CN(c5ccnc(C(F)(F)F)c5)C4)C3)cnc12. The van der Waals surface area contributed by atoms with Crippen LogP contribution in [-0.2, 0) is 6.18 Å². The molecular formula is C18H18F3N7. The Morgan fingerprint density at radius 2 is 1.93 bits per heavy atom. The Kier molecular flexibility index (Phi) is 3.56. The normalized spacial score (nSPS) is 18.9. The minimum Gasteiger partial charge on any atom is -0.370 e. The van der Waals surface area contributed by atoms with E-state index in [1.54, 1.807) is 12.3 Å². The van der Waals surface area contributed by atoms with Crippen molar-refractivity contribution in [2.24, 2.45) is 5.41 Å². The number of fused-ring (bicyclic) bond motifs is 1. The smallest absolute Gasteiger partial charge is 0.370 e. The number of aryl methyl sites for hydroxylation is 1. The van der Waals surface area contributed by atoms with Gasteiger partial charge in [-0.25, -0.2) is 9.97 Å². The summed E-state index contributed by atoms with van der Waals surface area (Å²) in [6.07, 6.45) is -0.468. The van der Waals surface area contributed by atoms with Crippen LogP contribution in [0.1, 0.15) is 17.8 Å². The minimum atomic E-state index is -4.43. The van der Waals surface area contributed by atoms with E-state index in [2.05, 4.69) is 30.0 Å². The van der Waals surface area contributed by atoms with E-state index in [1.807, 2.05) is 11.8 Å². The second-order valence-corrected chi connectivity index (χ2v) is 7.67. The van der Waals surface area contributed by atoms with Crippen molar-refractivity contribution in [3.63, 3.8) is 0 Å². The fraction of sp³-hybridized carbons (Fsp3) is 0.444. The van der Waals surface area contributed by atoms with Crippen molar-refractivity contribution in [3.8, 4) is 0 Å². The number of pyridine rings is 1. The van der Waals surface area contributed by atoms with Gasteiger partial charge in [0.15, 0.2) is 0 Å². The van der Waals surface area contributed by atoms with Gasteiger partial charge in [-0.3, -0.25) is 10.1 Å². The van der Waals surface area contributed by atoms with Gasteiger partial charge in [-0.2, -0.15) is 18.3 Å². The first-order chi connectivity index (χ1) is 13.3. The summed E-state index contributed by atoms with van der Waals surface area (Å²) in [5.41, 5.74) is 2.04. The lowest BCUT2D eigenvalue weighted by Gasteiger charge is -2.49. The van der Waals surface area contributed by atoms with E-state index in [0.29, 0.717) is 11.3 Å². The maximum Gasteiger partial charge on any atom is 0.433 e. The number of H-pyrrole nitrogens is 1. The number of halogens is 3. The Bertz CT molecular complexity index is 1040. The fourth-order valence-corrected chi connectivity index (χ4v) is 4.16. The lowest BCUT2D eigenvalue weighted by Crippen LogP contribution is -2.57. The molecule has 2 fully saturated rings. The predicted molar refractivity (Wildman–Crippen MR) is 97.1 cm³/mol. The average Bonchev–Trinajstić information content (AvgIpc) is 3.24. The number of alkyl halides is 3. The zero-order valence-corrected chi connectivity index (χ0v) is 15.2. The van der Waals surface area contributed by atoms with E-state index >= 15 is 0 Å². The molecule has 0 amide bonds. The second kappa shape index (κ2) is 5.79. The van der Waals surface area contributed by atoms with Gasteiger partial charge >= 0.3 is 6.18 Å². The van der Waals surface area contributed by atoms with Crippen LogP contribution in [0.25, 0.3) is 11.2 Å². The van der Waals surface area contributed by atoms with Gasteiger partial charge in [0.25, 0.3) is 0 Å². The molecule has 1 N–H and O–H groups in total. The third kappa shape index (κ3) is 2.74. The van der Waals surface area contributed by atoms with Crippen LogP contribution < -0.4 is 9.80 Å². The number of hydrogen-bond acceptors (Lipinski definition) is 6. The molecule has 0 radical (unpaired) electrons. The third-order valence-electron chi connectivity index (χ3n) is 5.64. The lowest BCUT2D eigenvalue weighted by atomic mass is 9.79. The van der Waals surface area contributed by atoms with Crippen LogP contribution in [-0.4, -0.2) is 51.3 Å². The predicted octanol–water partition coefficient (Wildman–Crippen LogP) is 2.79. The molecule has 3 aromatic heterocycles. The van der Waals surface area contributed by atoms with Gasteiger partial charge in [-0.1, -0.05) is 0 Å². The van der Waals surface area contributed by atoms with Crippen LogP contribution in [0, 0.1) is 12.3 Å². The first kappa shape index (κ1) is 17.2. The summed E-state index contributed by atoms with van der Waals surface area (Å²) in [5.74, 6) is 0.789. The molecule has 0 aromatic carbocycles. The third-order valence-corrected chi connectivity index (χ3v) is 5.64. The highest BCUT2D eigenvalue weighted by Crippen LogP contribution is 2.43. The van der Waals surface area contributed by atoms with Crippen molar-refractivity contribution in [1.82, 2.24) is 25.1 Å². The van der Waals surface area contributed by atoms with Gasteiger partial charge in [0.2, 0.25) is 5.65 Å². The first-order valence-electron chi connectivity index (χ1n) is 9.04. The fourth-order valence-electron chi connectivity index (χ4n) is 4.16. The lowest BCUT2D eigenvalue weighted by molar-refractivity contribution is -0.141. The van der Waals surface area contributed by atoms with Crippen molar-refractivity contribution in [1.29, 1.82) is 0 Å². The Morgan fingerprint density at radius 1 is 1.14 bits per heavy atom. The molecule has 5 heterocycles. The summed E-state index contributed by atoms with van der Waals surface area (Å²) in [4.78, 5) is 16.6. The van der Waals surface area contributed by atoms with Gasteiger partial charge in [0.05, 0.1) is 11.9 Å². The first-order valence-corrected chi connectivity index (χ1v) is 9.04. The van der Waals surface area contributed by atoms with Crippen molar-refractivity contribution < 1.29 is 13.2 Å². The number of nitrogens with one attached hydrogen (secondary N) is 1. The molecule has 10 heteroatoms. The van der Waals surface area contributed by atoms with Crippen LogP contribution in [0.2, 0.25) is 0 Å². The topological polar surface area (TPSA) is 73.8 Å². The number of hydrogen-bond donors (Lipinski definition) is 1. The summed E-state index contributed by atoms with van der Waals surface area (Å²) in [5, 5.41) is 7.06. The molecule has 0 unspecified atom stereocenters. The highest BCUT2D eigenvalue weighted by atomic mass is 19.4. The van der Waals surface area contributed by atoms with E-state index in [4.69, 9.17) is 0 Å². The number of rotatable bonds is 2. The van der Waals surface area contributed by atoms with Crippen LogP contribution >= 0.6 is 0 Å². The van der Waals surface area contributed by atoms with Gasteiger partial charge in [-0.15, -0.1) is 0 Å². The standard InChI is InChI=1S/C18H18F3N7/c1-11-15-16(26-25-11)24-14(7-23-15)27-5-3-17(8-27)9-28(10-17)12-2-4-22-13(6-12)18(19,20)21/h2,4,6-7H,3,5,8-10H2,1H3,(H,24,25,26). The minimum absolute atomic E-state index is 0.0692. The second-order valence-electron chi connectivity index (χ2n) is 7.67. The molecule has 3 aromatic rings. The van der Waals surface area contributed by atoms with Crippen molar-refractivity contribution >= 4 is 22.7 Å². The zero-order valence-electron chi connectivity index (χ0n) is 15.2. The van der Waals surface area contributed by atoms with Crippen LogP contribution in [0.3, 0.4) is 0 Å². The molecule has 2 aliphatic rings. The molecule has 28 heavy (non-hydrogen) atoms. The Labute approximate surface area is 158 Å². The molecule has 0 atom stereocenters. The van der Waals surface area contributed by atoms with Crippen molar-refractivity contribution in [2.45, 2.75) is 19.5 Å². The molecule has 146 valence electrons. The van der Waals surface area contributed by atoms with E-state index in [1.165, 1.54) is 6.20 Å². The van der Waals surface area contributed by atoms with Gasteiger partial charge in [0, 0.05) is 43.5 Å². The summed E-state index contributed by atoms with van der Waals surface area (Å²) in [6, 6.07) is 2.76. The molecule has 7 nitrogen and oxygen atoms in total. The summed E-state index contributed by atoms with van der Waals surface area (Å²) in [7, 11) is 0. The molecule has 1 spiro atoms. The molecule has 2 aliphatic heterocycles. The van der Waals surface area contributed by atoms with E-state index < -0.39 is 11.9 Å². The molecule has 2 saturated heterocycles. The number of aromatic nitrogens is 5. The van der Waals surface area contributed by atoms with E-state index in [-0.39, 0.29) is 5.41 Å². The van der Waals surface area contributed by atoms with Crippen molar-refractivity contribution in [2.75, 3.05) is 36.0 Å². The van der Waals surface area contributed by atoms with Crippen molar-refractivity contribution in [3.05, 3.63) is 35.9 Å². The molecule has 0 bridgehead atoms. The zero-order chi connectivity index (χ0) is 19.5. The maximum absolute atomic E-state index is 12.9. The molecule has 0 aliphatic carbocycles. The van der Waals surface area contributed by atoms with Crippen LogP contribution in [0.4, 0.5) is 24.7 Å². The largest absolute Gasteiger partial charge is 0.433 e. The average molecular weight is 389 g/mol. The highest BCUT2D eigenvalue weighted by molar-refractivity contribution is 5.74. The van der Waals surface area contributed by atoms with Gasteiger partial charge in [-0.05, 0) is 25.5 Å². The summed E-state index contributed by atoms with van der Waals surface area (Å²) < 4.78 is 38.7.